The number of hydrogen-bond acceptors (Lipinski definition) is 2. The normalized spacial score (nSPS) is 24.0. The van der Waals surface area contributed by atoms with Gasteiger partial charge in [-0.2, -0.15) is 0 Å². The van der Waals surface area contributed by atoms with Gasteiger partial charge in [0.1, 0.15) is 0 Å². The quantitative estimate of drug-likeness (QED) is 0.533. The molecule has 0 aromatic heterocycles. The van der Waals surface area contributed by atoms with Crippen molar-refractivity contribution in [2.45, 2.75) is 51.4 Å². The topological polar surface area (TPSA) is 0 Å². The largest absolute Gasteiger partial charge is 0.0942 e. The van der Waals surface area contributed by atoms with E-state index in [2.05, 4.69) is 21.6 Å². The van der Waals surface area contributed by atoms with Gasteiger partial charge in [-0.1, -0.05) is 60.1 Å². The van der Waals surface area contributed by atoms with E-state index >= 15 is 0 Å². The number of rotatable bonds is 0. The Kier molecular flexibility index (Phi) is 7.46. The fourth-order valence-electron chi connectivity index (χ4n) is 1.50. The van der Waals surface area contributed by atoms with Crippen LogP contribution in [0.15, 0.2) is 0 Å². The molecule has 0 radical (unpaired) electrons. The smallest absolute Gasteiger partial charge is 0.00369 e. The average molecular weight is 204 g/mol. The van der Waals surface area contributed by atoms with Crippen LogP contribution in [0.1, 0.15) is 51.4 Å². The molecule has 72 valence electrons. The molecule has 0 N–H and O–H groups in total. The molecule has 0 spiro atoms. The van der Waals surface area contributed by atoms with E-state index in [0.717, 1.165) is 0 Å². The lowest BCUT2D eigenvalue weighted by Gasteiger charge is -2.05. The van der Waals surface area contributed by atoms with E-state index in [1.807, 2.05) is 0 Å². The van der Waals surface area contributed by atoms with Crippen molar-refractivity contribution in [1.29, 1.82) is 0 Å². The highest BCUT2D eigenvalue weighted by Crippen LogP contribution is 2.25. The first-order chi connectivity index (χ1) is 6.00. The van der Waals surface area contributed by atoms with Crippen molar-refractivity contribution in [1.82, 2.24) is 0 Å². The second kappa shape index (κ2) is 8.31. The van der Waals surface area contributed by atoms with Gasteiger partial charge in [0.2, 0.25) is 0 Å². The zero-order valence-corrected chi connectivity index (χ0v) is 9.52. The highest BCUT2D eigenvalue weighted by atomic mass is 33.1. The van der Waals surface area contributed by atoms with Crippen LogP contribution in [0.3, 0.4) is 0 Å². The lowest BCUT2D eigenvalue weighted by atomic mass is 10.1. The zero-order valence-electron chi connectivity index (χ0n) is 7.89. The van der Waals surface area contributed by atoms with E-state index in [0.29, 0.717) is 0 Å². The van der Waals surface area contributed by atoms with Crippen LogP contribution >= 0.6 is 21.6 Å². The molecule has 1 aliphatic rings. The Bertz CT molecular complexity index is 50.8. The zero-order chi connectivity index (χ0) is 8.49. The monoisotopic (exact) mass is 204 g/mol. The van der Waals surface area contributed by atoms with Gasteiger partial charge >= 0.3 is 0 Å². The molecule has 0 unspecified atom stereocenters. The third-order valence-corrected chi connectivity index (χ3v) is 4.87. The molecule has 1 fully saturated rings. The molecule has 1 heterocycles. The molecule has 1 rings (SSSR count). The summed E-state index contributed by atoms with van der Waals surface area (Å²) in [6.45, 7) is 0. The van der Waals surface area contributed by atoms with E-state index in [1.54, 1.807) is 0 Å². The second-order valence-corrected chi connectivity index (χ2v) is 6.17. The highest BCUT2D eigenvalue weighted by molar-refractivity contribution is 8.76. The van der Waals surface area contributed by atoms with E-state index in [9.17, 15) is 0 Å². The fraction of sp³-hybridized carbons (Fsp3) is 1.00. The molecule has 0 bridgehead atoms. The lowest BCUT2D eigenvalue weighted by Crippen LogP contribution is -1.86. The Hall–Kier alpha value is 0.700. The molecule has 0 atom stereocenters. The van der Waals surface area contributed by atoms with Crippen LogP contribution in [-0.4, -0.2) is 11.5 Å². The summed E-state index contributed by atoms with van der Waals surface area (Å²) >= 11 is 0. The molecule has 0 aliphatic carbocycles. The summed E-state index contributed by atoms with van der Waals surface area (Å²) < 4.78 is 0. The summed E-state index contributed by atoms with van der Waals surface area (Å²) in [4.78, 5) is 0. The van der Waals surface area contributed by atoms with Crippen LogP contribution in [0.2, 0.25) is 0 Å². The standard InChI is InChI=1S/C10H20S2/c1-2-4-6-8-10-12-11-9-7-5-3-1/h1-10H2. The van der Waals surface area contributed by atoms with E-state index in [1.165, 1.54) is 62.9 Å². The van der Waals surface area contributed by atoms with Crippen LogP contribution in [0.5, 0.6) is 0 Å². The van der Waals surface area contributed by atoms with Crippen LogP contribution in [0, 0.1) is 0 Å². The Balaban J connectivity index is 2.00. The van der Waals surface area contributed by atoms with Crippen LogP contribution in [-0.2, 0) is 0 Å². The van der Waals surface area contributed by atoms with Crippen molar-refractivity contribution < 1.29 is 0 Å². The molecule has 12 heavy (non-hydrogen) atoms. The van der Waals surface area contributed by atoms with Gasteiger partial charge in [0.25, 0.3) is 0 Å². The van der Waals surface area contributed by atoms with Gasteiger partial charge in [-0.05, 0) is 12.8 Å². The van der Waals surface area contributed by atoms with E-state index in [4.69, 9.17) is 0 Å². The first-order valence-electron chi connectivity index (χ1n) is 5.24. The van der Waals surface area contributed by atoms with Gasteiger partial charge in [0.05, 0.1) is 0 Å². The lowest BCUT2D eigenvalue weighted by molar-refractivity contribution is 0.587. The van der Waals surface area contributed by atoms with Gasteiger partial charge < -0.3 is 0 Å². The van der Waals surface area contributed by atoms with Crippen molar-refractivity contribution >= 4 is 21.6 Å². The van der Waals surface area contributed by atoms with Gasteiger partial charge in [0, 0.05) is 11.5 Å². The van der Waals surface area contributed by atoms with Crippen LogP contribution in [0.4, 0.5) is 0 Å². The minimum absolute atomic E-state index is 1.38. The molecule has 1 aliphatic heterocycles. The van der Waals surface area contributed by atoms with Crippen molar-refractivity contribution in [3.05, 3.63) is 0 Å². The predicted molar refractivity (Wildman–Crippen MR) is 61.9 cm³/mol. The Morgan fingerprint density at radius 1 is 0.417 bits per heavy atom. The minimum atomic E-state index is 1.38. The third-order valence-electron chi connectivity index (χ3n) is 2.29. The maximum absolute atomic E-state index is 2.08. The van der Waals surface area contributed by atoms with Crippen LogP contribution in [0.25, 0.3) is 0 Å². The molecule has 0 nitrogen and oxygen atoms in total. The average Bonchev–Trinajstić information content (AvgIpc) is 2.05. The molecule has 0 amide bonds. The van der Waals surface area contributed by atoms with E-state index in [-0.39, 0.29) is 0 Å². The molecule has 0 aromatic rings. The maximum atomic E-state index is 2.08. The van der Waals surface area contributed by atoms with Crippen molar-refractivity contribution in [3.63, 3.8) is 0 Å². The first-order valence-corrected chi connectivity index (χ1v) is 7.73. The molecular weight excluding hydrogens is 184 g/mol. The van der Waals surface area contributed by atoms with Gasteiger partial charge in [-0.15, -0.1) is 0 Å². The van der Waals surface area contributed by atoms with E-state index < -0.39 is 0 Å². The van der Waals surface area contributed by atoms with Crippen molar-refractivity contribution in [2.24, 2.45) is 0 Å². The summed E-state index contributed by atoms with van der Waals surface area (Å²) in [5, 5.41) is 0. The summed E-state index contributed by atoms with van der Waals surface area (Å²) in [6.07, 6.45) is 11.7. The predicted octanol–water partition coefficient (Wildman–Crippen LogP) is 4.50. The molecule has 2 heteroatoms. The molecular formula is C10H20S2. The first kappa shape index (κ1) is 10.8. The highest BCUT2D eigenvalue weighted by Gasteiger charge is 1.96. The van der Waals surface area contributed by atoms with Crippen molar-refractivity contribution in [2.75, 3.05) is 11.5 Å². The fourth-order valence-corrected chi connectivity index (χ4v) is 3.79. The summed E-state index contributed by atoms with van der Waals surface area (Å²) in [5.74, 6) is 2.76. The van der Waals surface area contributed by atoms with Gasteiger partial charge in [-0.25, -0.2) is 0 Å². The Morgan fingerprint density at radius 2 is 0.750 bits per heavy atom. The SMILES string of the molecule is C1CCCCCSSCCCC1. The van der Waals surface area contributed by atoms with Crippen molar-refractivity contribution in [3.8, 4) is 0 Å². The summed E-state index contributed by atoms with van der Waals surface area (Å²) in [7, 11) is 4.17. The second-order valence-electron chi connectivity index (χ2n) is 3.47. The maximum Gasteiger partial charge on any atom is 0.00369 e. The summed E-state index contributed by atoms with van der Waals surface area (Å²) in [6, 6.07) is 0. The van der Waals surface area contributed by atoms with Gasteiger partial charge in [-0.3, -0.25) is 0 Å². The Morgan fingerprint density at radius 3 is 1.17 bits per heavy atom. The molecule has 0 saturated carbocycles. The minimum Gasteiger partial charge on any atom is -0.0942 e. The Labute approximate surface area is 84.7 Å². The summed E-state index contributed by atoms with van der Waals surface area (Å²) in [5.41, 5.74) is 0. The molecule has 1 saturated heterocycles. The van der Waals surface area contributed by atoms with Gasteiger partial charge in [0.15, 0.2) is 0 Å². The third kappa shape index (κ3) is 6.24. The molecule has 0 aromatic carbocycles. The van der Waals surface area contributed by atoms with Crippen LogP contribution < -0.4 is 0 Å². The number of hydrogen-bond donors (Lipinski definition) is 0.